The first-order chi connectivity index (χ1) is 14.5. The summed E-state index contributed by atoms with van der Waals surface area (Å²) < 4.78 is 5.19. The van der Waals surface area contributed by atoms with Crippen molar-refractivity contribution in [1.29, 1.82) is 10.5 Å². The summed E-state index contributed by atoms with van der Waals surface area (Å²) in [5.41, 5.74) is 1.50. The van der Waals surface area contributed by atoms with Crippen molar-refractivity contribution in [3.8, 4) is 12.1 Å². The van der Waals surface area contributed by atoms with Crippen molar-refractivity contribution < 1.29 is 14.3 Å². The number of aromatic nitrogens is 1. The Morgan fingerprint density at radius 2 is 1.83 bits per heavy atom. The maximum Gasteiger partial charge on any atom is 0.339 e. The molecule has 3 aromatic rings. The van der Waals surface area contributed by atoms with Crippen LogP contribution in [0.25, 0.3) is 0 Å². The molecule has 0 aliphatic carbocycles. The molecule has 1 aromatic heterocycles. The molecule has 0 aliphatic heterocycles. The molecule has 0 unspecified atom stereocenters. The first-order valence-corrected chi connectivity index (χ1v) is 10.5. The van der Waals surface area contributed by atoms with Crippen LogP contribution >= 0.6 is 23.1 Å². The Labute approximate surface area is 181 Å². The third kappa shape index (κ3) is 4.93. The maximum absolute atomic E-state index is 12.6. The van der Waals surface area contributed by atoms with E-state index >= 15 is 0 Å². The van der Waals surface area contributed by atoms with Crippen LogP contribution in [0.5, 0.6) is 0 Å². The van der Waals surface area contributed by atoms with Crippen molar-refractivity contribution in [2.24, 2.45) is 0 Å². The van der Waals surface area contributed by atoms with Crippen LogP contribution in [0, 0.1) is 29.6 Å². The van der Waals surface area contributed by atoms with Crippen molar-refractivity contribution in [3.63, 3.8) is 0 Å². The Morgan fingerprint density at radius 1 is 1.13 bits per heavy atom. The molecule has 0 fully saturated rings. The molecule has 0 saturated heterocycles. The molecule has 0 aliphatic rings. The summed E-state index contributed by atoms with van der Waals surface area (Å²) in [6, 6.07) is 17.9. The highest BCUT2D eigenvalue weighted by Gasteiger charge is 2.25. The number of thiazole rings is 1. The van der Waals surface area contributed by atoms with E-state index < -0.39 is 24.3 Å². The van der Waals surface area contributed by atoms with Crippen molar-refractivity contribution in [2.75, 3.05) is 6.61 Å². The Balaban J connectivity index is 1.73. The van der Waals surface area contributed by atoms with E-state index in [2.05, 4.69) is 11.1 Å². The summed E-state index contributed by atoms with van der Waals surface area (Å²) in [6.07, 6.45) is 0. The van der Waals surface area contributed by atoms with Gasteiger partial charge in [0.15, 0.2) is 18.3 Å². The molecule has 0 amide bonds. The van der Waals surface area contributed by atoms with Gasteiger partial charge in [0.1, 0.15) is 11.1 Å². The van der Waals surface area contributed by atoms with Gasteiger partial charge < -0.3 is 4.74 Å². The van der Waals surface area contributed by atoms with Gasteiger partial charge >= 0.3 is 5.97 Å². The molecule has 6 nitrogen and oxygen atoms in total. The summed E-state index contributed by atoms with van der Waals surface area (Å²) in [5.74, 6) is -2.27. The monoisotopic (exact) mass is 433 g/mol. The molecule has 0 N–H and O–H groups in total. The zero-order valence-electron chi connectivity index (χ0n) is 15.9. The molecule has 30 heavy (non-hydrogen) atoms. The molecular weight excluding hydrogens is 418 g/mol. The van der Waals surface area contributed by atoms with Gasteiger partial charge in [0.2, 0.25) is 0 Å². The molecular formula is C22H15N3O3S2. The Kier molecular flexibility index (Phi) is 6.97. The fraction of sp³-hybridized carbons (Fsp3) is 0.136. The lowest BCUT2D eigenvalue weighted by Gasteiger charge is -2.10. The molecule has 0 bridgehead atoms. The van der Waals surface area contributed by atoms with Gasteiger partial charge in [-0.3, -0.25) is 4.79 Å². The number of rotatable bonds is 7. The zero-order chi connectivity index (χ0) is 21.5. The molecule has 0 radical (unpaired) electrons. The van der Waals surface area contributed by atoms with E-state index in [1.54, 1.807) is 54.8 Å². The van der Waals surface area contributed by atoms with Crippen LogP contribution in [0.2, 0.25) is 0 Å². The summed E-state index contributed by atoms with van der Waals surface area (Å²) in [5, 5.41) is 20.7. The smallest absolute Gasteiger partial charge is 0.339 e. The lowest BCUT2D eigenvalue weighted by Crippen LogP contribution is -2.20. The fourth-order valence-corrected chi connectivity index (χ4v) is 4.43. The SMILES string of the molecule is Cc1csc([C@@H](C#N)C(=O)COC(=O)c2ccccc2Sc2ccccc2C#N)n1. The number of esters is 1. The molecule has 1 atom stereocenters. The van der Waals surface area contributed by atoms with Gasteiger partial charge in [-0.2, -0.15) is 10.5 Å². The van der Waals surface area contributed by atoms with E-state index in [4.69, 9.17) is 4.74 Å². The highest BCUT2D eigenvalue weighted by atomic mass is 32.2. The number of nitriles is 2. The fourth-order valence-electron chi connectivity index (χ4n) is 2.56. The molecule has 1 heterocycles. The molecule has 0 saturated carbocycles. The van der Waals surface area contributed by atoms with E-state index in [-0.39, 0.29) is 5.56 Å². The number of ether oxygens (including phenoxy) is 1. The Morgan fingerprint density at radius 3 is 2.50 bits per heavy atom. The van der Waals surface area contributed by atoms with Crippen LogP contribution in [-0.2, 0) is 9.53 Å². The van der Waals surface area contributed by atoms with Gasteiger partial charge in [-0.05, 0) is 31.2 Å². The second kappa shape index (κ2) is 9.84. The number of aryl methyl sites for hydroxylation is 1. The number of ketones is 1. The standard InChI is InChI=1S/C22H15N3O3S2/c1-14-13-29-21(25-14)17(11-24)18(26)12-28-22(27)16-7-3-5-9-20(16)30-19-8-4-2-6-15(19)10-23/h2-9,13,17H,12H2,1H3/t17-/m0/s1. The van der Waals surface area contributed by atoms with Crippen LogP contribution < -0.4 is 0 Å². The minimum absolute atomic E-state index is 0.279. The van der Waals surface area contributed by atoms with Gasteiger partial charge in [0.05, 0.1) is 17.2 Å². The predicted molar refractivity (Wildman–Crippen MR) is 112 cm³/mol. The lowest BCUT2D eigenvalue weighted by molar-refractivity contribution is -0.122. The molecule has 8 heteroatoms. The number of nitrogens with zero attached hydrogens (tertiary/aromatic N) is 3. The van der Waals surface area contributed by atoms with Crippen LogP contribution in [0.3, 0.4) is 0 Å². The van der Waals surface area contributed by atoms with Crippen molar-refractivity contribution >= 4 is 34.9 Å². The molecule has 2 aromatic carbocycles. The van der Waals surface area contributed by atoms with Crippen LogP contribution in [-0.4, -0.2) is 23.3 Å². The van der Waals surface area contributed by atoms with Gasteiger partial charge in [-0.25, -0.2) is 9.78 Å². The first-order valence-electron chi connectivity index (χ1n) is 8.81. The summed E-state index contributed by atoms with van der Waals surface area (Å²) >= 11 is 2.49. The van der Waals surface area contributed by atoms with Gasteiger partial charge in [-0.1, -0.05) is 36.0 Å². The number of carbonyl (C=O) groups is 2. The normalized spacial score (nSPS) is 11.2. The van der Waals surface area contributed by atoms with Gasteiger partial charge in [0, 0.05) is 20.9 Å². The highest BCUT2D eigenvalue weighted by Crippen LogP contribution is 2.33. The minimum atomic E-state index is -1.07. The summed E-state index contributed by atoms with van der Waals surface area (Å²) in [6.45, 7) is 1.25. The number of carbonyl (C=O) groups excluding carboxylic acids is 2. The average molecular weight is 434 g/mol. The largest absolute Gasteiger partial charge is 0.454 e. The van der Waals surface area contributed by atoms with Crippen LogP contribution in [0.1, 0.15) is 32.5 Å². The Hall–Kier alpha value is -3.46. The summed E-state index contributed by atoms with van der Waals surface area (Å²) in [7, 11) is 0. The number of Topliss-reactive ketones (excluding diaryl/α,β-unsaturated/α-hetero) is 1. The third-order valence-corrected chi connectivity index (χ3v) is 6.19. The highest BCUT2D eigenvalue weighted by molar-refractivity contribution is 7.99. The average Bonchev–Trinajstić information content (AvgIpc) is 3.19. The predicted octanol–water partition coefficient (Wildman–Crippen LogP) is 4.51. The second-order valence-electron chi connectivity index (χ2n) is 6.14. The van der Waals surface area contributed by atoms with E-state index in [1.165, 1.54) is 23.1 Å². The molecule has 148 valence electrons. The second-order valence-corrected chi connectivity index (χ2v) is 8.11. The van der Waals surface area contributed by atoms with Gasteiger partial charge in [0.25, 0.3) is 0 Å². The summed E-state index contributed by atoms with van der Waals surface area (Å²) in [4.78, 5) is 30.5. The van der Waals surface area contributed by atoms with E-state index in [1.807, 2.05) is 12.1 Å². The molecule has 3 rings (SSSR count). The molecule has 0 spiro atoms. The number of hydrogen-bond acceptors (Lipinski definition) is 8. The Bertz CT molecular complexity index is 1170. The van der Waals surface area contributed by atoms with Crippen molar-refractivity contribution in [2.45, 2.75) is 22.6 Å². The topological polar surface area (TPSA) is 104 Å². The van der Waals surface area contributed by atoms with Crippen LogP contribution in [0.4, 0.5) is 0 Å². The lowest BCUT2D eigenvalue weighted by atomic mass is 10.1. The van der Waals surface area contributed by atoms with E-state index in [0.29, 0.717) is 20.4 Å². The van der Waals surface area contributed by atoms with E-state index in [9.17, 15) is 20.1 Å². The zero-order valence-corrected chi connectivity index (χ0v) is 17.5. The quantitative estimate of drug-likeness (QED) is 0.505. The van der Waals surface area contributed by atoms with Crippen molar-refractivity contribution in [3.05, 3.63) is 75.7 Å². The number of benzene rings is 2. The minimum Gasteiger partial charge on any atom is -0.454 e. The van der Waals surface area contributed by atoms with E-state index in [0.717, 1.165) is 5.69 Å². The maximum atomic E-state index is 12.6. The third-order valence-electron chi connectivity index (χ3n) is 4.01. The first kappa shape index (κ1) is 21.3. The van der Waals surface area contributed by atoms with Gasteiger partial charge in [-0.15, -0.1) is 11.3 Å². The van der Waals surface area contributed by atoms with Crippen LogP contribution in [0.15, 0.2) is 63.7 Å². The van der Waals surface area contributed by atoms with Crippen molar-refractivity contribution in [1.82, 2.24) is 4.98 Å². The number of hydrogen-bond donors (Lipinski definition) is 0.